The van der Waals surface area contributed by atoms with E-state index in [0.29, 0.717) is 31.0 Å². The normalized spacial score (nSPS) is 21.1. The van der Waals surface area contributed by atoms with Gasteiger partial charge in [-0.3, -0.25) is 14.2 Å². The molecule has 154 valence electrons. The van der Waals surface area contributed by atoms with Crippen molar-refractivity contribution in [2.24, 2.45) is 0 Å². The van der Waals surface area contributed by atoms with Gasteiger partial charge in [-0.2, -0.15) is 0 Å². The molecule has 0 spiro atoms. The Balaban J connectivity index is 1.19. The number of thioether (sulfide) groups is 1. The molecule has 7 nitrogen and oxygen atoms in total. The molecular formula is C22H23N5O2S. The van der Waals surface area contributed by atoms with E-state index >= 15 is 0 Å². The lowest BCUT2D eigenvalue weighted by Crippen LogP contribution is -2.51. The molecule has 2 aromatic heterocycles. The van der Waals surface area contributed by atoms with E-state index in [9.17, 15) is 9.59 Å². The Morgan fingerprint density at radius 2 is 2.00 bits per heavy atom. The maximum Gasteiger partial charge on any atom is 0.257 e. The van der Waals surface area contributed by atoms with E-state index in [4.69, 9.17) is 4.98 Å². The van der Waals surface area contributed by atoms with Crippen LogP contribution < -0.4 is 5.56 Å². The Labute approximate surface area is 178 Å². The summed E-state index contributed by atoms with van der Waals surface area (Å²) in [6.45, 7) is 3.20. The number of hydrogen-bond acceptors (Lipinski definition) is 5. The summed E-state index contributed by atoms with van der Waals surface area (Å²) in [5.74, 6) is 2.60. The zero-order valence-corrected chi connectivity index (χ0v) is 17.6. The van der Waals surface area contributed by atoms with Crippen molar-refractivity contribution in [3.8, 4) is 0 Å². The smallest absolute Gasteiger partial charge is 0.257 e. The lowest BCUT2D eigenvalue weighted by molar-refractivity contribution is -0.137. The molecule has 1 aromatic carbocycles. The third kappa shape index (κ3) is 2.80. The van der Waals surface area contributed by atoms with Crippen LogP contribution in [0.3, 0.4) is 0 Å². The molecule has 3 aromatic rings. The van der Waals surface area contributed by atoms with Crippen molar-refractivity contribution in [2.45, 2.75) is 49.3 Å². The highest BCUT2D eigenvalue weighted by Gasteiger charge is 2.39. The summed E-state index contributed by atoms with van der Waals surface area (Å²) in [5.41, 5.74) is 2.82. The van der Waals surface area contributed by atoms with Crippen LogP contribution in [-0.2, 0) is 4.79 Å². The van der Waals surface area contributed by atoms with Crippen LogP contribution in [0.15, 0.2) is 40.4 Å². The van der Waals surface area contributed by atoms with Gasteiger partial charge in [-0.1, -0.05) is 23.9 Å². The number of nitrogens with zero attached hydrogens (tertiary/aromatic N) is 5. The number of rotatable bonds is 4. The van der Waals surface area contributed by atoms with Crippen molar-refractivity contribution < 1.29 is 4.79 Å². The second-order valence-electron chi connectivity index (χ2n) is 8.62. The number of likely N-dealkylation sites (tertiary alicyclic amines) is 1. The SMILES string of the molecule is Cc1cnc2n(c1=O)C(CC(=O)N1CC(n3c(C4CC4)nc4ccccc43)C1)CS2. The van der Waals surface area contributed by atoms with Gasteiger partial charge in [0.2, 0.25) is 5.91 Å². The van der Waals surface area contributed by atoms with Gasteiger partial charge in [0, 0.05) is 42.9 Å². The van der Waals surface area contributed by atoms with E-state index in [0.717, 1.165) is 16.4 Å². The Bertz CT molecular complexity index is 1220. The molecule has 30 heavy (non-hydrogen) atoms. The number of carbonyl (C=O) groups is 1. The number of para-hydroxylation sites is 2. The van der Waals surface area contributed by atoms with Gasteiger partial charge >= 0.3 is 0 Å². The molecule has 1 atom stereocenters. The number of amides is 1. The second-order valence-corrected chi connectivity index (χ2v) is 9.61. The maximum absolute atomic E-state index is 13.0. The van der Waals surface area contributed by atoms with E-state index in [-0.39, 0.29) is 23.6 Å². The minimum absolute atomic E-state index is 0.0248. The molecule has 8 heteroatoms. The molecule has 1 amide bonds. The number of imidazole rings is 1. The van der Waals surface area contributed by atoms with Crippen LogP contribution in [0, 0.1) is 6.92 Å². The average molecular weight is 422 g/mol. The molecule has 0 radical (unpaired) electrons. The summed E-state index contributed by atoms with van der Waals surface area (Å²) in [4.78, 5) is 36.6. The van der Waals surface area contributed by atoms with Gasteiger partial charge in [0.05, 0.1) is 23.1 Å². The Morgan fingerprint density at radius 1 is 1.20 bits per heavy atom. The van der Waals surface area contributed by atoms with Gasteiger partial charge in [-0.25, -0.2) is 9.97 Å². The minimum atomic E-state index is -0.104. The predicted molar refractivity (Wildman–Crippen MR) is 115 cm³/mol. The van der Waals surface area contributed by atoms with Crippen LogP contribution in [0.1, 0.15) is 48.7 Å². The molecular weight excluding hydrogens is 398 g/mol. The summed E-state index contributed by atoms with van der Waals surface area (Å²) < 4.78 is 4.08. The minimum Gasteiger partial charge on any atom is -0.338 e. The summed E-state index contributed by atoms with van der Waals surface area (Å²) >= 11 is 1.56. The highest BCUT2D eigenvalue weighted by molar-refractivity contribution is 7.99. The topological polar surface area (TPSA) is 73.0 Å². The van der Waals surface area contributed by atoms with Crippen LogP contribution >= 0.6 is 11.8 Å². The lowest BCUT2D eigenvalue weighted by atomic mass is 10.1. The first-order chi connectivity index (χ1) is 14.6. The molecule has 2 aliphatic heterocycles. The van der Waals surface area contributed by atoms with Gasteiger partial charge in [-0.05, 0) is 31.9 Å². The Morgan fingerprint density at radius 3 is 2.80 bits per heavy atom. The van der Waals surface area contributed by atoms with Crippen LogP contribution in [0.2, 0.25) is 0 Å². The Kier molecular flexibility index (Phi) is 4.06. The first-order valence-corrected chi connectivity index (χ1v) is 11.5. The summed E-state index contributed by atoms with van der Waals surface area (Å²) in [6, 6.07) is 8.47. The number of hydrogen-bond donors (Lipinski definition) is 0. The standard InChI is InChI=1S/C22H23N5O2S/c1-13-9-23-22-27(21(13)29)15(12-30-22)8-19(28)25-10-16(11-25)26-18-5-3-2-4-17(18)24-20(26)14-6-7-14/h2-5,9,14-16H,6-8,10-12H2,1H3. The zero-order valence-electron chi connectivity index (χ0n) is 16.8. The quantitative estimate of drug-likeness (QED) is 0.606. The van der Waals surface area contributed by atoms with Crippen LogP contribution in [0.4, 0.5) is 0 Å². The van der Waals surface area contributed by atoms with E-state index in [1.54, 1.807) is 29.4 Å². The largest absolute Gasteiger partial charge is 0.338 e. The average Bonchev–Trinajstić information content (AvgIpc) is 3.37. The van der Waals surface area contributed by atoms with Crippen molar-refractivity contribution in [1.29, 1.82) is 0 Å². The monoisotopic (exact) mass is 421 g/mol. The number of benzene rings is 1. The van der Waals surface area contributed by atoms with Crippen molar-refractivity contribution in [3.05, 3.63) is 52.2 Å². The first-order valence-electron chi connectivity index (χ1n) is 10.6. The number of fused-ring (bicyclic) bond motifs is 2. The molecule has 1 unspecified atom stereocenters. The summed E-state index contributed by atoms with van der Waals surface area (Å²) in [7, 11) is 0. The molecule has 1 saturated carbocycles. The van der Waals surface area contributed by atoms with Crippen molar-refractivity contribution in [2.75, 3.05) is 18.8 Å². The third-order valence-electron chi connectivity index (χ3n) is 6.46. The molecule has 0 bridgehead atoms. The van der Waals surface area contributed by atoms with E-state index < -0.39 is 0 Å². The van der Waals surface area contributed by atoms with E-state index in [1.165, 1.54) is 24.2 Å². The highest BCUT2D eigenvalue weighted by atomic mass is 32.2. The van der Waals surface area contributed by atoms with Crippen LogP contribution in [-0.4, -0.2) is 48.8 Å². The van der Waals surface area contributed by atoms with E-state index in [2.05, 4.69) is 27.8 Å². The summed E-state index contributed by atoms with van der Waals surface area (Å²) in [5, 5.41) is 0.726. The molecule has 0 N–H and O–H groups in total. The van der Waals surface area contributed by atoms with Crippen molar-refractivity contribution in [3.63, 3.8) is 0 Å². The van der Waals surface area contributed by atoms with Gasteiger partial charge in [0.15, 0.2) is 5.16 Å². The van der Waals surface area contributed by atoms with Crippen molar-refractivity contribution in [1.82, 2.24) is 24.0 Å². The predicted octanol–water partition coefficient (Wildman–Crippen LogP) is 2.90. The number of aryl methyl sites for hydroxylation is 1. The summed E-state index contributed by atoms with van der Waals surface area (Å²) in [6.07, 6.45) is 4.40. The number of carbonyl (C=O) groups excluding carboxylic acids is 1. The fourth-order valence-electron chi connectivity index (χ4n) is 4.60. The third-order valence-corrected chi connectivity index (χ3v) is 7.57. The fourth-order valence-corrected chi connectivity index (χ4v) is 5.71. The van der Waals surface area contributed by atoms with Gasteiger partial charge in [-0.15, -0.1) is 0 Å². The van der Waals surface area contributed by atoms with Gasteiger partial charge in [0.1, 0.15) is 5.82 Å². The van der Waals surface area contributed by atoms with Gasteiger partial charge < -0.3 is 9.47 Å². The fraction of sp³-hybridized carbons (Fsp3) is 0.455. The van der Waals surface area contributed by atoms with Crippen LogP contribution in [0.5, 0.6) is 0 Å². The molecule has 4 heterocycles. The molecule has 6 rings (SSSR count). The van der Waals surface area contributed by atoms with Crippen molar-refractivity contribution >= 4 is 28.7 Å². The highest BCUT2D eigenvalue weighted by Crippen LogP contribution is 2.43. The molecule has 2 fully saturated rings. The number of aromatic nitrogens is 4. The maximum atomic E-state index is 13.0. The van der Waals surface area contributed by atoms with Crippen LogP contribution in [0.25, 0.3) is 11.0 Å². The molecule has 1 saturated heterocycles. The first kappa shape index (κ1) is 18.2. The molecule has 1 aliphatic carbocycles. The second kappa shape index (κ2) is 6.70. The lowest BCUT2D eigenvalue weighted by Gasteiger charge is -2.41. The molecule has 3 aliphatic rings. The zero-order chi connectivity index (χ0) is 20.4. The van der Waals surface area contributed by atoms with E-state index in [1.807, 2.05) is 11.0 Å². The Hall–Kier alpha value is -2.61. The van der Waals surface area contributed by atoms with Gasteiger partial charge in [0.25, 0.3) is 5.56 Å².